The van der Waals surface area contributed by atoms with Gasteiger partial charge in [0.2, 0.25) is 5.91 Å². The molecule has 1 aromatic carbocycles. The summed E-state index contributed by atoms with van der Waals surface area (Å²) in [5.74, 6) is 0.253. The van der Waals surface area contributed by atoms with Gasteiger partial charge in [-0.15, -0.1) is 24.0 Å². The highest BCUT2D eigenvalue weighted by Crippen LogP contribution is 2.32. The Balaban J connectivity index is 0.00000320. The van der Waals surface area contributed by atoms with Crippen LogP contribution in [0.3, 0.4) is 0 Å². The van der Waals surface area contributed by atoms with Gasteiger partial charge >= 0.3 is 6.18 Å². The molecule has 1 aliphatic heterocycles. The van der Waals surface area contributed by atoms with E-state index >= 15 is 0 Å². The van der Waals surface area contributed by atoms with Gasteiger partial charge in [-0.05, 0) is 18.6 Å². The molecule has 0 spiro atoms. The summed E-state index contributed by atoms with van der Waals surface area (Å²) >= 11 is 0. The fourth-order valence-corrected chi connectivity index (χ4v) is 3.30. The molecule has 0 saturated carbocycles. The molecule has 0 aliphatic carbocycles. The lowest BCUT2D eigenvalue weighted by Gasteiger charge is -2.26. The van der Waals surface area contributed by atoms with Gasteiger partial charge in [0.25, 0.3) is 0 Å². The summed E-state index contributed by atoms with van der Waals surface area (Å²) in [6, 6.07) is 7.56. The van der Waals surface area contributed by atoms with Crippen molar-refractivity contribution < 1.29 is 18.0 Å². The number of hydrogen-bond donors (Lipinski definition) is 3. The van der Waals surface area contributed by atoms with Gasteiger partial charge in [-0.2, -0.15) is 18.3 Å². The third-order valence-electron chi connectivity index (χ3n) is 4.55. The summed E-state index contributed by atoms with van der Waals surface area (Å²) in [7, 11) is 1.44. The van der Waals surface area contributed by atoms with Crippen LogP contribution in [0.25, 0.3) is 0 Å². The number of aliphatic imine (C=N–C) groups is 1. The molecular weight excluding hydrogens is 512 g/mol. The van der Waals surface area contributed by atoms with Gasteiger partial charge in [-0.3, -0.25) is 9.48 Å². The topological polar surface area (TPSA) is 83.3 Å². The second-order valence-electron chi connectivity index (χ2n) is 6.79. The van der Waals surface area contributed by atoms with Crippen molar-refractivity contribution in [3.05, 3.63) is 47.3 Å². The summed E-state index contributed by atoms with van der Waals surface area (Å²) in [5.41, 5.74) is 0.863. The number of benzene rings is 1. The van der Waals surface area contributed by atoms with E-state index in [0.717, 1.165) is 15.9 Å². The first-order valence-electron chi connectivity index (χ1n) is 9.28. The van der Waals surface area contributed by atoms with Crippen LogP contribution in [0.15, 0.2) is 35.5 Å². The van der Waals surface area contributed by atoms with Gasteiger partial charge in [0, 0.05) is 49.9 Å². The maximum absolute atomic E-state index is 13.1. The highest BCUT2D eigenvalue weighted by atomic mass is 127. The molecule has 3 rings (SSSR count). The molecule has 1 unspecified atom stereocenters. The van der Waals surface area contributed by atoms with Crippen LogP contribution < -0.4 is 16.0 Å². The van der Waals surface area contributed by atoms with Gasteiger partial charge in [0.05, 0.1) is 6.54 Å². The van der Waals surface area contributed by atoms with Crippen molar-refractivity contribution >= 4 is 41.5 Å². The third kappa shape index (κ3) is 5.86. The van der Waals surface area contributed by atoms with E-state index in [4.69, 9.17) is 0 Å². The van der Waals surface area contributed by atoms with Crippen LogP contribution in [-0.2, 0) is 24.6 Å². The first kappa shape index (κ1) is 24.0. The van der Waals surface area contributed by atoms with Gasteiger partial charge < -0.3 is 16.0 Å². The minimum absolute atomic E-state index is 0. The molecule has 164 valence electrons. The highest BCUT2D eigenvalue weighted by molar-refractivity contribution is 14.0. The Labute approximate surface area is 189 Å². The van der Waals surface area contributed by atoms with Crippen molar-refractivity contribution in [3.63, 3.8) is 0 Å². The number of anilines is 1. The van der Waals surface area contributed by atoms with Crippen molar-refractivity contribution in [1.29, 1.82) is 0 Å². The fraction of sp³-hybridized carbons (Fsp3) is 0.421. The molecule has 30 heavy (non-hydrogen) atoms. The number of aromatic nitrogens is 2. The van der Waals surface area contributed by atoms with Crippen molar-refractivity contribution in [2.45, 2.75) is 32.0 Å². The molecule has 0 saturated heterocycles. The Morgan fingerprint density at radius 1 is 1.33 bits per heavy atom. The van der Waals surface area contributed by atoms with E-state index in [1.165, 1.54) is 13.2 Å². The van der Waals surface area contributed by atoms with Gasteiger partial charge in [-0.25, -0.2) is 4.99 Å². The Morgan fingerprint density at radius 2 is 2.07 bits per heavy atom. The Kier molecular flexibility index (Phi) is 8.10. The normalized spacial score (nSPS) is 16.4. The van der Waals surface area contributed by atoms with Gasteiger partial charge in [-0.1, -0.05) is 18.2 Å². The number of carbonyl (C=O) groups is 1. The number of alkyl halides is 3. The Bertz CT molecular complexity index is 912. The smallest absolute Gasteiger partial charge is 0.357 e. The van der Waals surface area contributed by atoms with Crippen LogP contribution in [-0.4, -0.2) is 34.7 Å². The molecule has 3 N–H and O–H groups in total. The number of aryl methyl sites for hydroxylation is 1. The summed E-state index contributed by atoms with van der Waals surface area (Å²) in [6.45, 7) is 2.67. The molecule has 1 aromatic heterocycles. The maximum Gasteiger partial charge on any atom is 0.435 e. The zero-order valence-electron chi connectivity index (χ0n) is 16.6. The second-order valence-corrected chi connectivity index (χ2v) is 6.79. The average molecular weight is 536 g/mol. The number of guanidine groups is 1. The van der Waals surface area contributed by atoms with Crippen molar-refractivity contribution in [2.75, 3.05) is 18.4 Å². The first-order chi connectivity index (χ1) is 13.8. The number of carbonyl (C=O) groups excluding carboxylic acids is 1. The number of halogens is 4. The van der Waals surface area contributed by atoms with Crippen molar-refractivity contribution in [1.82, 2.24) is 20.4 Å². The standard InChI is InChI=1S/C19H23F3N6O.HI/c1-3-23-18(25-10-13-11-28(2)27-17(13)19(20,21)22)24-9-12-8-16(29)26-15-7-5-4-6-14(12)15;/h4-7,11-12H,3,8-10H2,1-2H3,(H,26,29)(H2,23,24,25);1H. The predicted molar refractivity (Wildman–Crippen MR) is 119 cm³/mol. The van der Waals surface area contributed by atoms with Crippen LogP contribution in [0.1, 0.15) is 36.1 Å². The largest absolute Gasteiger partial charge is 0.435 e. The van der Waals surface area contributed by atoms with Crippen molar-refractivity contribution in [3.8, 4) is 0 Å². The van der Waals surface area contributed by atoms with E-state index in [0.29, 0.717) is 25.5 Å². The van der Waals surface area contributed by atoms with Crippen LogP contribution in [0.5, 0.6) is 0 Å². The minimum atomic E-state index is -4.53. The van der Waals surface area contributed by atoms with E-state index in [1.54, 1.807) is 0 Å². The summed E-state index contributed by atoms with van der Waals surface area (Å²) in [6.07, 6.45) is -2.89. The molecule has 2 aromatic rings. The monoisotopic (exact) mass is 536 g/mol. The molecule has 1 aliphatic rings. The summed E-state index contributed by atoms with van der Waals surface area (Å²) in [4.78, 5) is 16.2. The molecule has 0 bridgehead atoms. The average Bonchev–Trinajstić information content (AvgIpc) is 3.04. The Hall–Kier alpha value is -2.31. The van der Waals surface area contributed by atoms with Gasteiger partial charge in [0.1, 0.15) is 0 Å². The zero-order valence-corrected chi connectivity index (χ0v) is 18.9. The number of nitrogens with one attached hydrogen (secondary N) is 3. The number of nitrogens with zero attached hydrogens (tertiary/aromatic N) is 3. The third-order valence-corrected chi connectivity index (χ3v) is 4.55. The SMILES string of the molecule is CCNC(=NCc1cn(C)nc1C(F)(F)F)NCC1CC(=O)Nc2ccccc21.I. The first-order valence-corrected chi connectivity index (χ1v) is 9.28. The van der Waals surface area contributed by atoms with Gasteiger partial charge in [0.15, 0.2) is 11.7 Å². The molecular formula is C19H24F3IN6O. The lowest BCUT2D eigenvalue weighted by molar-refractivity contribution is -0.142. The number of para-hydroxylation sites is 1. The van der Waals surface area contributed by atoms with E-state index in [2.05, 4.69) is 26.0 Å². The Morgan fingerprint density at radius 3 is 2.77 bits per heavy atom. The predicted octanol–water partition coefficient (Wildman–Crippen LogP) is 3.24. The van der Waals surface area contributed by atoms with E-state index < -0.39 is 11.9 Å². The molecule has 2 heterocycles. The minimum Gasteiger partial charge on any atom is -0.357 e. The molecule has 0 radical (unpaired) electrons. The second kappa shape index (κ2) is 10.1. The molecule has 0 fully saturated rings. The van der Waals surface area contributed by atoms with Crippen LogP contribution in [0.4, 0.5) is 18.9 Å². The maximum atomic E-state index is 13.1. The number of amides is 1. The van der Waals surface area contributed by atoms with Crippen LogP contribution in [0.2, 0.25) is 0 Å². The summed E-state index contributed by atoms with van der Waals surface area (Å²) < 4.78 is 40.5. The van der Waals surface area contributed by atoms with Crippen molar-refractivity contribution in [2.24, 2.45) is 12.0 Å². The lowest BCUT2D eigenvalue weighted by atomic mass is 9.90. The highest BCUT2D eigenvalue weighted by Gasteiger charge is 2.36. The molecule has 7 nitrogen and oxygen atoms in total. The summed E-state index contributed by atoms with van der Waals surface area (Å²) in [5, 5.41) is 12.5. The lowest BCUT2D eigenvalue weighted by Crippen LogP contribution is -2.40. The van der Waals surface area contributed by atoms with Crippen LogP contribution in [0, 0.1) is 0 Å². The molecule has 11 heteroatoms. The van der Waals surface area contributed by atoms with E-state index in [-0.39, 0.29) is 47.9 Å². The number of fused-ring (bicyclic) bond motifs is 1. The molecule has 1 amide bonds. The quantitative estimate of drug-likeness (QED) is 0.312. The van der Waals surface area contributed by atoms with E-state index in [1.807, 2.05) is 31.2 Å². The zero-order chi connectivity index (χ0) is 21.0. The fourth-order valence-electron chi connectivity index (χ4n) is 3.30. The number of hydrogen-bond acceptors (Lipinski definition) is 3. The van der Waals surface area contributed by atoms with Crippen LogP contribution >= 0.6 is 24.0 Å². The van der Waals surface area contributed by atoms with E-state index in [9.17, 15) is 18.0 Å². The number of rotatable bonds is 5. The molecule has 1 atom stereocenters.